The highest BCUT2D eigenvalue weighted by Crippen LogP contribution is 2.19. The summed E-state index contributed by atoms with van der Waals surface area (Å²) in [4.78, 5) is 15.1. The number of ether oxygens (including phenoxy) is 1. The lowest BCUT2D eigenvalue weighted by Crippen LogP contribution is -2.32. The highest BCUT2D eigenvalue weighted by molar-refractivity contribution is 5.67. The summed E-state index contributed by atoms with van der Waals surface area (Å²) in [7, 11) is 3.76. The maximum atomic E-state index is 11.5. The molecular formula is C10H20N2O2. The van der Waals surface area contributed by atoms with Crippen LogP contribution in [0, 0.1) is 5.92 Å². The summed E-state index contributed by atoms with van der Waals surface area (Å²) in [5.74, 6) is 0.668. The first-order chi connectivity index (χ1) is 6.63. The molecule has 1 aliphatic rings. The monoisotopic (exact) mass is 200 g/mol. The average molecular weight is 200 g/mol. The molecule has 0 aromatic rings. The van der Waals surface area contributed by atoms with Gasteiger partial charge in [0.05, 0.1) is 0 Å². The Balaban J connectivity index is 2.25. The van der Waals surface area contributed by atoms with Crippen LogP contribution < -0.4 is 0 Å². The van der Waals surface area contributed by atoms with Gasteiger partial charge in [-0.05, 0) is 26.4 Å². The van der Waals surface area contributed by atoms with Gasteiger partial charge in [-0.3, -0.25) is 4.90 Å². The Labute approximate surface area is 85.8 Å². The maximum Gasteiger partial charge on any atom is 0.411 e. The van der Waals surface area contributed by atoms with Crippen molar-refractivity contribution in [3.8, 4) is 0 Å². The topological polar surface area (TPSA) is 32.8 Å². The summed E-state index contributed by atoms with van der Waals surface area (Å²) in [6, 6.07) is 0. The average Bonchev–Trinajstić information content (AvgIpc) is 2.62. The van der Waals surface area contributed by atoms with E-state index in [4.69, 9.17) is 4.74 Å². The molecule has 1 fully saturated rings. The normalized spacial score (nSPS) is 21.7. The molecule has 0 aliphatic carbocycles. The molecule has 4 nitrogen and oxygen atoms in total. The molecule has 0 aromatic heterocycles. The Morgan fingerprint density at radius 2 is 2.29 bits per heavy atom. The smallest absolute Gasteiger partial charge is 0.411 e. The van der Waals surface area contributed by atoms with Gasteiger partial charge in [0.25, 0.3) is 0 Å². The molecular weight excluding hydrogens is 180 g/mol. The number of rotatable bonds is 3. The summed E-state index contributed by atoms with van der Waals surface area (Å²) >= 11 is 0. The van der Waals surface area contributed by atoms with Gasteiger partial charge in [-0.15, -0.1) is 0 Å². The minimum absolute atomic E-state index is 0.172. The quantitative estimate of drug-likeness (QED) is 0.645. The number of hydrogen-bond acceptors (Lipinski definition) is 3. The molecule has 0 spiro atoms. The lowest BCUT2D eigenvalue weighted by atomic mass is 10.1. The standard InChI is InChI=1S/C10H20N2O2/c1-4-9-5-6-12(7-9)10(13)14-8-11(2)3/h9H,4-8H2,1-3H3. The van der Waals surface area contributed by atoms with Crippen molar-refractivity contribution in [2.75, 3.05) is 33.9 Å². The highest BCUT2D eigenvalue weighted by atomic mass is 16.6. The minimum Gasteiger partial charge on any atom is -0.433 e. The number of likely N-dealkylation sites (tertiary alicyclic amines) is 1. The minimum atomic E-state index is -0.172. The van der Waals surface area contributed by atoms with Gasteiger partial charge in [-0.2, -0.15) is 0 Å². The Morgan fingerprint density at radius 3 is 2.79 bits per heavy atom. The van der Waals surface area contributed by atoms with E-state index < -0.39 is 0 Å². The molecule has 1 rings (SSSR count). The van der Waals surface area contributed by atoms with Gasteiger partial charge in [0.15, 0.2) is 0 Å². The van der Waals surface area contributed by atoms with E-state index in [-0.39, 0.29) is 6.09 Å². The number of carbonyl (C=O) groups excluding carboxylic acids is 1. The van der Waals surface area contributed by atoms with Gasteiger partial charge in [0.1, 0.15) is 6.73 Å². The van der Waals surface area contributed by atoms with Crippen LogP contribution in [0.15, 0.2) is 0 Å². The first-order valence-corrected chi connectivity index (χ1v) is 5.20. The lowest BCUT2D eigenvalue weighted by Gasteiger charge is -2.17. The number of hydrogen-bond donors (Lipinski definition) is 0. The van der Waals surface area contributed by atoms with Crippen LogP contribution in [0.4, 0.5) is 4.79 Å². The van der Waals surface area contributed by atoms with Crippen LogP contribution >= 0.6 is 0 Å². The first kappa shape index (κ1) is 11.3. The molecule has 0 aromatic carbocycles. The predicted octanol–water partition coefficient (Wildman–Crippen LogP) is 1.37. The molecule has 0 radical (unpaired) electrons. The Morgan fingerprint density at radius 1 is 1.57 bits per heavy atom. The molecule has 1 atom stereocenters. The second-order valence-corrected chi connectivity index (χ2v) is 4.13. The lowest BCUT2D eigenvalue weighted by molar-refractivity contribution is 0.0681. The molecule has 0 bridgehead atoms. The molecule has 82 valence electrons. The molecule has 4 heteroatoms. The predicted molar refractivity (Wildman–Crippen MR) is 55.0 cm³/mol. The van der Waals surface area contributed by atoms with Crippen LogP contribution in [0.25, 0.3) is 0 Å². The fourth-order valence-corrected chi connectivity index (χ4v) is 1.61. The van der Waals surface area contributed by atoms with Crippen LogP contribution in [-0.4, -0.2) is 49.8 Å². The van der Waals surface area contributed by atoms with Crippen LogP contribution in [0.1, 0.15) is 19.8 Å². The van der Waals surface area contributed by atoms with Crippen molar-refractivity contribution in [1.29, 1.82) is 0 Å². The van der Waals surface area contributed by atoms with Crippen molar-refractivity contribution in [2.24, 2.45) is 5.92 Å². The van der Waals surface area contributed by atoms with Crippen molar-refractivity contribution in [2.45, 2.75) is 19.8 Å². The van der Waals surface area contributed by atoms with E-state index in [0.29, 0.717) is 12.6 Å². The molecule has 1 saturated heterocycles. The molecule has 1 unspecified atom stereocenters. The highest BCUT2D eigenvalue weighted by Gasteiger charge is 2.25. The second-order valence-electron chi connectivity index (χ2n) is 4.13. The van der Waals surface area contributed by atoms with Crippen molar-refractivity contribution in [3.63, 3.8) is 0 Å². The van der Waals surface area contributed by atoms with Gasteiger partial charge >= 0.3 is 6.09 Å². The van der Waals surface area contributed by atoms with Gasteiger partial charge in [-0.1, -0.05) is 13.3 Å². The van der Waals surface area contributed by atoms with E-state index in [1.54, 1.807) is 4.90 Å². The Hall–Kier alpha value is -0.770. The summed E-state index contributed by atoms with van der Waals surface area (Å²) < 4.78 is 5.09. The van der Waals surface area contributed by atoms with E-state index >= 15 is 0 Å². The van der Waals surface area contributed by atoms with Crippen LogP contribution in [0.3, 0.4) is 0 Å². The van der Waals surface area contributed by atoms with E-state index in [2.05, 4.69) is 6.92 Å². The Kier molecular flexibility index (Phi) is 4.20. The number of carbonyl (C=O) groups is 1. The zero-order valence-corrected chi connectivity index (χ0v) is 9.32. The van der Waals surface area contributed by atoms with Gasteiger partial charge < -0.3 is 9.64 Å². The summed E-state index contributed by atoms with van der Waals surface area (Å²) in [5, 5.41) is 0. The first-order valence-electron chi connectivity index (χ1n) is 5.20. The largest absolute Gasteiger partial charge is 0.433 e. The third kappa shape index (κ3) is 3.18. The van der Waals surface area contributed by atoms with Crippen molar-refractivity contribution in [3.05, 3.63) is 0 Å². The molecule has 0 N–H and O–H groups in total. The van der Waals surface area contributed by atoms with Crippen molar-refractivity contribution < 1.29 is 9.53 Å². The van der Waals surface area contributed by atoms with Crippen molar-refractivity contribution in [1.82, 2.24) is 9.80 Å². The fourth-order valence-electron chi connectivity index (χ4n) is 1.61. The van der Waals surface area contributed by atoms with Crippen LogP contribution in [-0.2, 0) is 4.74 Å². The summed E-state index contributed by atoms with van der Waals surface area (Å²) in [6.45, 7) is 4.25. The van der Waals surface area contributed by atoms with Crippen molar-refractivity contribution >= 4 is 6.09 Å². The maximum absolute atomic E-state index is 11.5. The van der Waals surface area contributed by atoms with E-state index in [9.17, 15) is 4.79 Å². The Bertz CT molecular complexity index is 195. The molecule has 1 aliphatic heterocycles. The van der Waals surface area contributed by atoms with E-state index in [1.807, 2.05) is 19.0 Å². The number of amides is 1. The second kappa shape index (κ2) is 5.20. The molecule has 1 amide bonds. The van der Waals surface area contributed by atoms with Gasteiger partial charge in [-0.25, -0.2) is 4.79 Å². The molecule has 14 heavy (non-hydrogen) atoms. The van der Waals surface area contributed by atoms with Crippen LogP contribution in [0.2, 0.25) is 0 Å². The van der Waals surface area contributed by atoms with Crippen LogP contribution in [0.5, 0.6) is 0 Å². The zero-order chi connectivity index (χ0) is 10.6. The van der Waals surface area contributed by atoms with Gasteiger partial charge in [0, 0.05) is 13.1 Å². The molecule has 0 saturated carbocycles. The fraction of sp³-hybridized carbons (Fsp3) is 0.900. The third-order valence-electron chi connectivity index (χ3n) is 2.57. The number of nitrogens with zero attached hydrogens (tertiary/aromatic N) is 2. The molecule has 1 heterocycles. The summed E-state index contributed by atoms with van der Waals surface area (Å²) in [6.07, 6.45) is 2.10. The third-order valence-corrected chi connectivity index (χ3v) is 2.57. The summed E-state index contributed by atoms with van der Waals surface area (Å²) in [5.41, 5.74) is 0. The van der Waals surface area contributed by atoms with E-state index in [0.717, 1.165) is 25.9 Å². The zero-order valence-electron chi connectivity index (χ0n) is 9.32. The van der Waals surface area contributed by atoms with E-state index in [1.165, 1.54) is 0 Å². The van der Waals surface area contributed by atoms with Gasteiger partial charge in [0.2, 0.25) is 0 Å². The SMILES string of the molecule is CCC1CCN(C(=O)OCN(C)C)C1.